The predicted molar refractivity (Wildman–Crippen MR) is 76.6 cm³/mol. The third kappa shape index (κ3) is 5.72. The molecule has 0 spiro atoms. The molecule has 0 amide bonds. The van der Waals surface area contributed by atoms with E-state index in [0.717, 1.165) is 0 Å². The summed E-state index contributed by atoms with van der Waals surface area (Å²) in [6.07, 6.45) is 3.76. The fraction of sp³-hybridized carbons (Fsp3) is 0.846. The molecular formula is C13H28O5Si. The van der Waals surface area contributed by atoms with Gasteiger partial charge < -0.3 is 13.3 Å². The third-order valence-corrected chi connectivity index (χ3v) is 5.97. The summed E-state index contributed by atoms with van der Waals surface area (Å²) in [5.41, 5.74) is 0. The first-order valence-electron chi connectivity index (χ1n) is 6.83. The Morgan fingerprint density at radius 2 is 1.42 bits per heavy atom. The summed E-state index contributed by atoms with van der Waals surface area (Å²) in [5, 5.41) is -0.767. The molecule has 6 heteroatoms. The summed E-state index contributed by atoms with van der Waals surface area (Å²) >= 11 is 0. The molecule has 0 rings (SSSR count). The molecule has 114 valence electrons. The lowest BCUT2D eigenvalue weighted by Gasteiger charge is -2.38. The van der Waals surface area contributed by atoms with E-state index in [1.807, 2.05) is 53.7 Å². The molecule has 0 aliphatic rings. The van der Waals surface area contributed by atoms with Crippen LogP contribution in [0.15, 0.2) is 12.2 Å². The zero-order chi connectivity index (χ0) is 14.8. The molecular weight excluding hydrogens is 264 g/mol. The molecule has 0 aliphatic carbocycles. The third-order valence-electron chi connectivity index (χ3n) is 2.41. The Kier molecular flexibility index (Phi) is 9.50. The highest BCUT2D eigenvalue weighted by atomic mass is 28.4. The summed E-state index contributed by atoms with van der Waals surface area (Å²) in [5.74, 6) is 0. The molecule has 0 aromatic heterocycles. The van der Waals surface area contributed by atoms with Gasteiger partial charge in [-0.1, -0.05) is 12.2 Å². The summed E-state index contributed by atoms with van der Waals surface area (Å²) in [6, 6.07) is 0. The molecule has 0 heterocycles. The van der Waals surface area contributed by atoms with Crippen LogP contribution in [0.5, 0.6) is 0 Å². The van der Waals surface area contributed by atoms with Crippen molar-refractivity contribution in [3.05, 3.63) is 12.2 Å². The number of rotatable bonds is 11. The van der Waals surface area contributed by atoms with Crippen LogP contribution in [0.4, 0.5) is 0 Å². The number of hydrogen-bond acceptors (Lipinski definition) is 5. The molecule has 19 heavy (non-hydrogen) atoms. The lowest BCUT2D eigenvalue weighted by atomic mass is 10.5. The van der Waals surface area contributed by atoms with Crippen LogP contribution in [0, 0.1) is 0 Å². The van der Waals surface area contributed by atoms with Crippen LogP contribution in [0.3, 0.4) is 0 Å². The van der Waals surface area contributed by atoms with E-state index in [2.05, 4.69) is 0 Å². The maximum absolute atomic E-state index is 5.80. The van der Waals surface area contributed by atoms with Gasteiger partial charge in [0.05, 0.1) is 0 Å². The molecule has 0 bridgehead atoms. The highest BCUT2D eigenvalue weighted by molar-refractivity contribution is 6.63. The minimum Gasteiger partial charge on any atom is -0.372 e. The summed E-state index contributed by atoms with van der Waals surface area (Å²) in [4.78, 5) is 10.7. The van der Waals surface area contributed by atoms with Gasteiger partial charge in [0, 0.05) is 19.8 Å². The smallest absolute Gasteiger partial charge is 0.372 e. The molecule has 0 saturated heterocycles. The van der Waals surface area contributed by atoms with Crippen molar-refractivity contribution in [2.24, 2.45) is 0 Å². The zero-order valence-electron chi connectivity index (χ0n) is 13.0. The van der Waals surface area contributed by atoms with Gasteiger partial charge in [-0.05, 0) is 41.5 Å². The molecule has 0 radical (unpaired) electrons. The van der Waals surface area contributed by atoms with Gasteiger partial charge in [-0.15, -0.1) is 0 Å². The van der Waals surface area contributed by atoms with Crippen LogP contribution in [-0.2, 0) is 23.1 Å². The van der Waals surface area contributed by atoms with Gasteiger partial charge in [-0.3, -0.25) is 0 Å². The zero-order valence-corrected chi connectivity index (χ0v) is 14.0. The summed E-state index contributed by atoms with van der Waals surface area (Å²) in [7, 11) is -2.95. The molecule has 0 unspecified atom stereocenters. The van der Waals surface area contributed by atoms with Crippen LogP contribution in [0.2, 0.25) is 0 Å². The average molecular weight is 292 g/mol. The first kappa shape index (κ1) is 18.8. The van der Waals surface area contributed by atoms with Crippen molar-refractivity contribution < 1.29 is 23.1 Å². The van der Waals surface area contributed by atoms with E-state index in [1.54, 1.807) is 0 Å². The van der Waals surface area contributed by atoms with Gasteiger partial charge in [-0.25, -0.2) is 9.78 Å². The number of allylic oxidation sites excluding steroid dienone is 1. The lowest BCUT2D eigenvalue weighted by Crippen LogP contribution is -2.63. The Hall–Kier alpha value is -0.243. The van der Waals surface area contributed by atoms with Gasteiger partial charge in [0.2, 0.25) is 0 Å². The molecule has 0 aromatic carbocycles. The second-order valence-corrected chi connectivity index (χ2v) is 7.48. The first-order chi connectivity index (χ1) is 8.99. The van der Waals surface area contributed by atoms with Gasteiger partial charge in [0.25, 0.3) is 0 Å². The second kappa shape index (κ2) is 9.63. The summed E-state index contributed by atoms with van der Waals surface area (Å²) < 4.78 is 17.4. The molecule has 0 fully saturated rings. The molecule has 0 aromatic rings. The average Bonchev–Trinajstić information content (AvgIpc) is 2.35. The molecule has 0 N–H and O–H groups in total. The largest absolute Gasteiger partial charge is 0.537 e. The van der Waals surface area contributed by atoms with Crippen LogP contribution in [-0.4, -0.2) is 40.5 Å². The highest BCUT2D eigenvalue weighted by Gasteiger charge is 2.58. The molecule has 0 saturated carbocycles. The van der Waals surface area contributed by atoms with Gasteiger partial charge in [0.1, 0.15) is 6.61 Å². The Bertz CT molecular complexity index is 238. The molecule has 0 atom stereocenters. The summed E-state index contributed by atoms with van der Waals surface area (Å²) in [6.45, 7) is 13.3. The van der Waals surface area contributed by atoms with E-state index in [0.29, 0.717) is 26.4 Å². The van der Waals surface area contributed by atoms with Crippen molar-refractivity contribution in [2.45, 2.75) is 46.8 Å². The fourth-order valence-corrected chi connectivity index (χ4v) is 4.18. The normalized spacial score (nSPS) is 13.4. The fourth-order valence-electron chi connectivity index (χ4n) is 1.58. The van der Waals surface area contributed by atoms with E-state index < -0.39 is 14.0 Å². The van der Waals surface area contributed by atoms with Crippen molar-refractivity contribution in [3.8, 4) is 0 Å². The predicted octanol–water partition coefficient (Wildman–Crippen LogP) is 2.88. The standard InChI is InChI=1S/C13H28O5Si/c1-7-11-12-14-18-13(5,6)19(15-8-2,16-9-3)17-10-4/h7,11H,8-10,12H2,1-6H3. The van der Waals surface area contributed by atoms with E-state index >= 15 is 0 Å². The van der Waals surface area contributed by atoms with Gasteiger partial charge >= 0.3 is 8.80 Å². The van der Waals surface area contributed by atoms with Gasteiger partial charge in [-0.2, -0.15) is 0 Å². The van der Waals surface area contributed by atoms with E-state index in [1.165, 1.54) is 0 Å². The maximum atomic E-state index is 5.80. The Labute approximate surface area is 118 Å². The quantitative estimate of drug-likeness (QED) is 0.193. The lowest BCUT2D eigenvalue weighted by molar-refractivity contribution is -0.337. The van der Waals surface area contributed by atoms with Crippen molar-refractivity contribution in [2.75, 3.05) is 26.4 Å². The molecule has 5 nitrogen and oxygen atoms in total. The SMILES string of the molecule is CC=CCOOC(C)(C)[Si](OCC)(OCC)OCC. The topological polar surface area (TPSA) is 46.2 Å². The van der Waals surface area contributed by atoms with Crippen molar-refractivity contribution in [3.63, 3.8) is 0 Å². The Balaban J connectivity index is 4.84. The van der Waals surface area contributed by atoms with Crippen molar-refractivity contribution >= 4 is 8.80 Å². The Morgan fingerprint density at radius 1 is 0.947 bits per heavy atom. The Morgan fingerprint density at radius 3 is 1.79 bits per heavy atom. The minimum absolute atomic E-state index is 0.384. The van der Waals surface area contributed by atoms with Crippen LogP contribution >= 0.6 is 0 Å². The van der Waals surface area contributed by atoms with Crippen LogP contribution in [0.1, 0.15) is 41.5 Å². The van der Waals surface area contributed by atoms with Crippen LogP contribution < -0.4 is 0 Å². The maximum Gasteiger partial charge on any atom is 0.537 e. The monoisotopic (exact) mass is 292 g/mol. The second-order valence-electron chi connectivity index (χ2n) is 4.30. The van der Waals surface area contributed by atoms with Crippen LogP contribution in [0.25, 0.3) is 0 Å². The van der Waals surface area contributed by atoms with E-state index in [-0.39, 0.29) is 0 Å². The van der Waals surface area contributed by atoms with Gasteiger partial charge in [0.15, 0.2) is 5.22 Å². The first-order valence-corrected chi connectivity index (χ1v) is 8.55. The highest BCUT2D eigenvalue weighted by Crippen LogP contribution is 2.28. The molecule has 0 aliphatic heterocycles. The van der Waals surface area contributed by atoms with Crippen molar-refractivity contribution in [1.29, 1.82) is 0 Å². The number of hydrogen-bond donors (Lipinski definition) is 0. The van der Waals surface area contributed by atoms with E-state index in [9.17, 15) is 0 Å². The minimum atomic E-state index is -2.95. The van der Waals surface area contributed by atoms with Crippen molar-refractivity contribution in [1.82, 2.24) is 0 Å². The van der Waals surface area contributed by atoms with E-state index in [4.69, 9.17) is 23.1 Å².